The number of nitrogens with one attached hydrogen (secondary N) is 1. The summed E-state index contributed by atoms with van der Waals surface area (Å²) in [4.78, 5) is 0.368. The second-order valence-corrected chi connectivity index (χ2v) is 7.40. The molecule has 0 heterocycles. The predicted molar refractivity (Wildman–Crippen MR) is 76.6 cm³/mol. The summed E-state index contributed by atoms with van der Waals surface area (Å²) in [5.41, 5.74) is 7.11. The van der Waals surface area contributed by atoms with Crippen molar-refractivity contribution in [2.75, 3.05) is 12.8 Å². The third kappa shape index (κ3) is 4.60. The quantitative estimate of drug-likeness (QED) is 0.740. The molecule has 1 fully saturated rings. The van der Waals surface area contributed by atoms with Gasteiger partial charge in [0, 0.05) is 18.8 Å². The Bertz CT molecular complexity index is 507. The molecule has 5 heteroatoms. The zero-order chi connectivity index (χ0) is 13.9. The molecule has 0 spiro atoms. The summed E-state index contributed by atoms with van der Waals surface area (Å²) in [7, 11) is -3.10. The van der Waals surface area contributed by atoms with E-state index >= 15 is 0 Å². The molecule has 1 aromatic carbocycles. The fourth-order valence-corrected chi connectivity index (χ4v) is 2.75. The van der Waals surface area contributed by atoms with Crippen LogP contribution in [0.2, 0.25) is 0 Å². The molecular weight excluding hydrogens is 260 g/mol. The van der Waals surface area contributed by atoms with Crippen LogP contribution in [0.4, 0.5) is 0 Å². The lowest BCUT2D eigenvalue weighted by molar-refractivity contribution is 0.517. The third-order valence-corrected chi connectivity index (χ3v) is 4.69. The van der Waals surface area contributed by atoms with E-state index in [9.17, 15) is 8.42 Å². The van der Waals surface area contributed by atoms with E-state index in [1.165, 1.54) is 19.1 Å². The first-order valence-electron chi connectivity index (χ1n) is 6.72. The molecule has 1 atom stereocenters. The minimum absolute atomic E-state index is 0.333. The lowest BCUT2D eigenvalue weighted by Crippen LogP contribution is -2.28. The van der Waals surface area contributed by atoms with Crippen molar-refractivity contribution in [2.24, 2.45) is 11.7 Å². The molecule has 0 aliphatic heterocycles. The summed E-state index contributed by atoms with van der Waals surface area (Å²) >= 11 is 0. The average Bonchev–Trinajstić information content (AvgIpc) is 3.18. The van der Waals surface area contributed by atoms with Crippen molar-refractivity contribution >= 4 is 9.84 Å². The summed E-state index contributed by atoms with van der Waals surface area (Å²) in [5.74, 6) is 0.746. The van der Waals surface area contributed by atoms with Crippen LogP contribution in [0.25, 0.3) is 0 Å². The first-order chi connectivity index (χ1) is 8.97. The van der Waals surface area contributed by atoms with Gasteiger partial charge in [0.05, 0.1) is 4.90 Å². The smallest absolute Gasteiger partial charge is 0.175 e. The molecule has 0 aromatic heterocycles. The summed E-state index contributed by atoms with van der Waals surface area (Å²) < 4.78 is 22.6. The lowest BCUT2D eigenvalue weighted by Gasteiger charge is -2.11. The highest BCUT2D eigenvalue weighted by Gasteiger charge is 2.27. The Balaban J connectivity index is 1.73. The Hall–Kier alpha value is -0.910. The first-order valence-corrected chi connectivity index (χ1v) is 8.61. The van der Waals surface area contributed by atoms with Gasteiger partial charge in [0.25, 0.3) is 0 Å². The third-order valence-electron chi connectivity index (χ3n) is 3.56. The van der Waals surface area contributed by atoms with Gasteiger partial charge < -0.3 is 11.1 Å². The van der Waals surface area contributed by atoms with Crippen LogP contribution in [0, 0.1) is 5.92 Å². The van der Waals surface area contributed by atoms with Gasteiger partial charge in [-0.1, -0.05) is 12.1 Å². The molecule has 1 aliphatic rings. The molecule has 1 aromatic rings. The maximum atomic E-state index is 11.3. The van der Waals surface area contributed by atoms with Gasteiger partial charge in [0.2, 0.25) is 0 Å². The zero-order valence-electron chi connectivity index (χ0n) is 11.3. The van der Waals surface area contributed by atoms with E-state index in [2.05, 4.69) is 5.32 Å². The largest absolute Gasteiger partial charge is 0.327 e. The molecule has 19 heavy (non-hydrogen) atoms. The van der Waals surface area contributed by atoms with Gasteiger partial charge in [0.15, 0.2) is 9.84 Å². The minimum atomic E-state index is -3.10. The van der Waals surface area contributed by atoms with Crippen molar-refractivity contribution in [3.05, 3.63) is 29.8 Å². The second-order valence-electron chi connectivity index (χ2n) is 5.38. The summed E-state index contributed by atoms with van der Waals surface area (Å²) in [6.45, 7) is 1.66. The van der Waals surface area contributed by atoms with E-state index in [-0.39, 0.29) is 0 Å². The van der Waals surface area contributed by atoms with Crippen LogP contribution in [-0.4, -0.2) is 27.3 Å². The van der Waals surface area contributed by atoms with Gasteiger partial charge in [-0.05, 0) is 49.4 Å². The monoisotopic (exact) mass is 282 g/mol. The van der Waals surface area contributed by atoms with Crippen molar-refractivity contribution in [3.63, 3.8) is 0 Å². The highest BCUT2D eigenvalue weighted by atomic mass is 32.2. The minimum Gasteiger partial charge on any atom is -0.327 e. The Kier molecular flexibility index (Phi) is 4.60. The van der Waals surface area contributed by atoms with E-state index in [0.717, 1.165) is 31.0 Å². The van der Waals surface area contributed by atoms with E-state index in [1.807, 2.05) is 12.1 Å². The Morgan fingerprint density at radius 1 is 1.32 bits per heavy atom. The van der Waals surface area contributed by atoms with Crippen LogP contribution in [-0.2, 0) is 16.4 Å². The maximum Gasteiger partial charge on any atom is 0.175 e. The first kappa shape index (κ1) is 14.5. The number of benzene rings is 1. The molecule has 0 bridgehead atoms. The van der Waals surface area contributed by atoms with Gasteiger partial charge >= 0.3 is 0 Å². The van der Waals surface area contributed by atoms with Gasteiger partial charge in [-0.2, -0.15) is 0 Å². The molecule has 1 saturated carbocycles. The maximum absolute atomic E-state index is 11.3. The Morgan fingerprint density at radius 3 is 2.47 bits per heavy atom. The molecular formula is C14H22N2O2S. The molecule has 0 saturated heterocycles. The van der Waals surface area contributed by atoms with Gasteiger partial charge in [-0.15, -0.1) is 0 Å². The van der Waals surface area contributed by atoms with Crippen molar-refractivity contribution in [3.8, 4) is 0 Å². The van der Waals surface area contributed by atoms with E-state index in [4.69, 9.17) is 5.73 Å². The van der Waals surface area contributed by atoms with Gasteiger partial charge in [0.1, 0.15) is 0 Å². The van der Waals surface area contributed by atoms with Crippen LogP contribution >= 0.6 is 0 Å². The predicted octanol–water partition coefficient (Wildman–Crippen LogP) is 1.31. The van der Waals surface area contributed by atoms with E-state index < -0.39 is 9.84 Å². The van der Waals surface area contributed by atoms with Crippen LogP contribution in [0.5, 0.6) is 0 Å². The zero-order valence-corrected chi connectivity index (χ0v) is 12.1. The summed E-state index contributed by atoms with van der Waals surface area (Å²) in [6.07, 6.45) is 4.80. The number of sulfone groups is 1. The Morgan fingerprint density at radius 2 is 1.95 bits per heavy atom. The standard InChI is InChI=1S/C14H22N2O2S/c1-19(17,18)13-6-2-11(3-7-13)10-16-9-8-14(15)12-4-5-12/h2-3,6-7,12,14,16H,4-5,8-10,15H2,1H3. The summed E-state index contributed by atoms with van der Waals surface area (Å²) in [6, 6.07) is 7.35. The van der Waals surface area contributed by atoms with Crippen LogP contribution in [0.15, 0.2) is 29.2 Å². The molecule has 3 N–H and O–H groups in total. The van der Waals surface area contributed by atoms with E-state index in [0.29, 0.717) is 10.9 Å². The van der Waals surface area contributed by atoms with Crippen molar-refractivity contribution < 1.29 is 8.42 Å². The number of hydrogen-bond donors (Lipinski definition) is 2. The number of rotatable bonds is 7. The Labute approximate surface area is 115 Å². The molecule has 2 rings (SSSR count). The van der Waals surface area contributed by atoms with Gasteiger partial charge in [-0.25, -0.2) is 8.42 Å². The number of nitrogens with two attached hydrogens (primary N) is 1. The van der Waals surface area contributed by atoms with Crippen molar-refractivity contribution in [1.29, 1.82) is 0 Å². The molecule has 0 radical (unpaired) electrons. The lowest BCUT2D eigenvalue weighted by atomic mass is 10.1. The van der Waals surface area contributed by atoms with Crippen LogP contribution in [0.3, 0.4) is 0 Å². The fraction of sp³-hybridized carbons (Fsp3) is 0.571. The highest BCUT2D eigenvalue weighted by Crippen LogP contribution is 2.32. The molecule has 1 aliphatic carbocycles. The van der Waals surface area contributed by atoms with E-state index in [1.54, 1.807) is 12.1 Å². The van der Waals surface area contributed by atoms with Crippen molar-refractivity contribution in [1.82, 2.24) is 5.32 Å². The normalized spacial score (nSPS) is 17.4. The molecule has 106 valence electrons. The molecule has 0 amide bonds. The molecule has 1 unspecified atom stereocenters. The molecule has 4 nitrogen and oxygen atoms in total. The average molecular weight is 282 g/mol. The fourth-order valence-electron chi connectivity index (χ4n) is 2.12. The van der Waals surface area contributed by atoms with Gasteiger partial charge in [-0.3, -0.25) is 0 Å². The van der Waals surface area contributed by atoms with Crippen LogP contribution < -0.4 is 11.1 Å². The second kappa shape index (κ2) is 6.03. The SMILES string of the molecule is CS(=O)(=O)c1ccc(CNCCC(N)C2CC2)cc1. The van der Waals surface area contributed by atoms with Crippen molar-refractivity contribution in [2.45, 2.75) is 36.7 Å². The van der Waals surface area contributed by atoms with Crippen LogP contribution in [0.1, 0.15) is 24.8 Å². The summed E-state index contributed by atoms with van der Waals surface area (Å²) in [5, 5.41) is 3.34. The number of hydrogen-bond acceptors (Lipinski definition) is 4. The topological polar surface area (TPSA) is 72.2 Å². The highest BCUT2D eigenvalue weighted by molar-refractivity contribution is 7.90.